The Kier molecular flexibility index (Phi) is 9.02. The molecule has 0 amide bonds. The van der Waals surface area contributed by atoms with Crippen molar-refractivity contribution in [3.8, 4) is 0 Å². The Labute approximate surface area is 162 Å². The van der Waals surface area contributed by atoms with Gasteiger partial charge >= 0.3 is 11.9 Å². The number of rotatable bonds is 8. The Morgan fingerprint density at radius 2 is 1.74 bits per heavy atom. The molecule has 6 nitrogen and oxygen atoms in total. The van der Waals surface area contributed by atoms with E-state index in [9.17, 15) is 9.59 Å². The van der Waals surface area contributed by atoms with Gasteiger partial charge in [-0.3, -0.25) is 4.90 Å². The zero-order valence-corrected chi connectivity index (χ0v) is 17.5. The Morgan fingerprint density at radius 1 is 1.15 bits per heavy atom. The van der Waals surface area contributed by atoms with Crippen molar-refractivity contribution in [2.24, 2.45) is 5.92 Å². The number of hydrogen-bond acceptors (Lipinski definition) is 6. The average Bonchev–Trinajstić information content (AvgIpc) is 2.60. The van der Waals surface area contributed by atoms with Crippen LogP contribution in [-0.4, -0.2) is 50.7 Å². The molecule has 6 heteroatoms. The molecule has 1 atom stereocenters. The van der Waals surface area contributed by atoms with Gasteiger partial charge in [0.1, 0.15) is 6.61 Å². The molecule has 0 spiro atoms. The summed E-state index contributed by atoms with van der Waals surface area (Å²) in [6, 6.07) is 0. The van der Waals surface area contributed by atoms with Crippen LogP contribution in [-0.2, 0) is 19.1 Å². The molecule has 0 saturated carbocycles. The SMILES string of the molecule is C/C=C\C(=C/C)CN(C)CCOC(=O)C1=C(C)NC(C)=C(C(=O)OC)C1C. The molecule has 1 heterocycles. The van der Waals surface area contributed by atoms with Gasteiger partial charge in [-0.15, -0.1) is 0 Å². The van der Waals surface area contributed by atoms with Gasteiger partial charge in [0, 0.05) is 30.4 Å². The van der Waals surface area contributed by atoms with Gasteiger partial charge in [-0.2, -0.15) is 0 Å². The molecule has 0 aliphatic carbocycles. The molecule has 1 N–H and O–H groups in total. The van der Waals surface area contributed by atoms with Crippen molar-refractivity contribution >= 4 is 11.9 Å². The summed E-state index contributed by atoms with van der Waals surface area (Å²) in [7, 11) is 3.32. The zero-order valence-electron chi connectivity index (χ0n) is 17.5. The summed E-state index contributed by atoms with van der Waals surface area (Å²) in [4.78, 5) is 26.7. The summed E-state index contributed by atoms with van der Waals surface area (Å²) in [6.45, 7) is 11.1. The first-order valence-corrected chi connectivity index (χ1v) is 9.17. The minimum atomic E-state index is -0.437. The summed E-state index contributed by atoms with van der Waals surface area (Å²) >= 11 is 0. The summed E-state index contributed by atoms with van der Waals surface area (Å²) in [6.07, 6.45) is 6.13. The van der Waals surface area contributed by atoms with Crippen LogP contribution in [0.2, 0.25) is 0 Å². The lowest BCUT2D eigenvalue weighted by atomic mass is 9.87. The van der Waals surface area contributed by atoms with Crippen LogP contribution in [0.4, 0.5) is 0 Å². The molecule has 1 unspecified atom stereocenters. The van der Waals surface area contributed by atoms with E-state index in [1.54, 1.807) is 6.92 Å². The van der Waals surface area contributed by atoms with Crippen molar-refractivity contribution in [2.45, 2.75) is 34.6 Å². The molecule has 0 radical (unpaired) electrons. The number of hydrogen-bond donors (Lipinski definition) is 1. The van der Waals surface area contributed by atoms with E-state index in [0.717, 1.165) is 6.54 Å². The summed E-state index contributed by atoms with van der Waals surface area (Å²) in [5.41, 5.74) is 3.53. The number of carbonyl (C=O) groups is 2. The normalized spacial score (nSPS) is 18.2. The zero-order chi connectivity index (χ0) is 20.6. The van der Waals surface area contributed by atoms with E-state index in [1.807, 2.05) is 40.8 Å². The Bertz CT molecular complexity index is 686. The molecule has 0 bridgehead atoms. The third-order valence-corrected chi connectivity index (χ3v) is 4.58. The predicted octanol–water partition coefficient (Wildman–Crippen LogP) is 2.94. The Hall–Kier alpha value is -2.34. The van der Waals surface area contributed by atoms with Crippen LogP contribution in [0.15, 0.2) is 46.3 Å². The minimum absolute atomic E-state index is 0.280. The lowest BCUT2D eigenvalue weighted by Crippen LogP contribution is -2.33. The van der Waals surface area contributed by atoms with E-state index in [2.05, 4.69) is 22.4 Å². The molecule has 1 rings (SSSR count). The molecule has 0 aromatic rings. The maximum Gasteiger partial charge on any atom is 0.336 e. The van der Waals surface area contributed by atoms with Gasteiger partial charge in [0.15, 0.2) is 0 Å². The van der Waals surface area contributed by atoms with Crippen LogP contribution in [0.3, 0.4) is 0 Å². The van der Waals surface area contributed by atoms with E-state index in [0.29, 0.717) is 29.1 Å². The van der Waals surface area contributed by atoms with Gasteiger partial charge in [-0.05, 0) is 40.3 Å². The van der Waals surface area contributed by atoms with Gasteiger partial charge in [-0.25, -0.2) is 9.59 Å². The molecule has 150 valence electrons. The van der Waals surface area contributed by atoms with Crippen LogP contribution in [0.25, 0.3) is 0 Å². The fraction of sp³-hybridized carbons (Fsp3) is 0.524. The first-order valence-electron chi connectivity index (χ1n) is 9.17. The Balaban J connectivity index is 2.69. The van der Waals surface area contributed by atoms with E-state index >= 15 is 0 Å². The maximum atomic E-state index is 12.6. The fourth-order valence-corrected chi connectivity index (χ4v) is 3.20. The van der Waals surface area contributed by atoms with E-state index in [4.69, 9.17) is 9.47 Å². The first kappa shape index (κ1) is 22.7. The number of ether oxygens (including phenoxy) is 2. The van der Waals surface area contributed by atoms with Crippen molar-refractivity contribution in [2.75, 3.05) is 33.9 Å². The molecule has 1 aliphatic heterocycles. The summed E-state index contributed by atoms with van der Waals surface area (Å²) in [5.74, 6) is -1.23. The second-order valence-electron chi connectivity index (χ2n) is 6.65. The highest BCUT2D eigenvalue weighted by atomic mass is 16.5. The van der Waals surface area contributed by atoms with Crippen LogP contribution >= 0.6 is 0 Å². The number of allylic oxidation sites excluding steroid dienone is 4. The number of dihydropyridines is 1. The lowest BCUT2D eigenvalue weighted by molar-refractivity contribution is -0.140. The van der Waals surface area contributed by atoms with Crippen LogP contribution in [0.5, 0.6) is 0 Å². The monoisotopic (exact) mass is 376 g/mol. The number of methoxy groups -OCH3 is 1. The maximum absolute atomic E-state index is 12.6. The van der Waals surface area contributed by atoms with Gasteiger partial charge in [0.2, 0.25) is 0 Å². The first-order chi connectivity index (χ1) is 12.8. The largest absolute Gasteiger partial charge is 0.466 e. The average molecular weight is 376 g/mol. The standard InChI is InChI=1S/C21H32N2O4/c1-8-10-17(9-2)13-23(6)11-12-27-21(25)19-14(3)18(20(24)26-7)15(4)22-16(19)5/h8-10,14,22H,11-13H2,1-7H3/b10-8-,17-9+. The quantitative estimate of drug-likeness (QED) is 0.519. The second kappa shape index (κ2) is 10.7. The number of nitrogens with zero attached hydrogens (tertiary/aromatic N) is 1. The predicted molar refractivity (Wildman–Crippen MR) is 107 cm³/mol. The van der Waals surface area contributed by atoms with Gasteiger partial charge in [0.05, 0.1) is 18.3 Å². The topological polar surface area (TPSA) is 67.9 Å². The van der Waals surface area contributed by atoms with Gasteiger partial charge in [0.25, 0.3) is 0 Å². The third-order valence-electron chi connectivity index (χ3n) is 4.58. The van der Waals surface area contributed by atoms with Crippen LogP contribution < -0.4 is 5.32 Å². The number of nitrogens with one attached hydrogen (secondary N) is 1. The summed E-state index contributed by atoms with van der Waals surface area (Å²) < 4.78 is 10.3. The molecule has 27 heavy (non-hydrogen) atoms. The van der Waals surface area contributed by atoms with Crippen molar-refractivity contribution in [3.05, 3.63) is 46.3 Å². The number of esters is 2. The molecule has 0 aromatic heterocycles. The highest BCUT2D eigenvalue weighted by Crippen LogP contribution is 2.30. The number of likely N-dealkylation sites (N-methyl/N-ethyl adjacent to an activating group) is 1. The second-order valence-corrected chi connectivity index (χ2v) is 6.65. The van der Waals surface area contributed by atoms with Gasteiger partial charge < -0.3 is 14.8 Å². The Morgan fingerprint density at radius 3 is 2.26 bits per heavy atom. The van der Waals surface area contributed by atoms with Crippen LogP contribution in [0.1, 0.15) is 34.6 Å². The number of carbonyl (C=O) groups excluding carboxylic acids is 2. The molecule has 0 fully saturated rings. The fourth-order valence-electron chi connectivity index (χ4n) is 3.20. The molecular weight excluding hydrogens is 344 g/mol. The molecule has 0 aromatic carbocycles. The van der Waals surface area contributed by atoms with Crippen molar-refractivity contribution in [1.82, 2.24) is 10.2 Å². The highest BCUT2D eigenvalue weighted by molar-refractivity contribution is 5.97. The minimum Gasteiger partial charge on any atom is -0.466 e. The van der Waals surface area contributed by atoms with Crippen molar-refractivity contribution in [1.29, 1.82) is 0 Å². The highest BCUT2D eigenvalue weighted by Gasteiger charge is 2.33. The molecular formula is C21H32N2O4. The molecule has 1 aliphatic rings. The third kappa shape index (κ3) is 6.10. The smallest absolute Gasteiger partial charge is 0.336 e. The van der Waals surface area contributed by atoms with Crippen LogP contribution in [0, 0.1) is 5.92 Å². The van der Waals surface area contributed by atoms with Crippen molar-refractivity contribution in [3.63, 3.8) is 0 Å². The van der Waals surface area contributed by atoms with Crippen molar-refractivity contribution < 1.29 is 19.1 Å². The van der Waals surface area contributed by atoms with E-state index in [1.165, 1.54) is 12.7 Å². The van der Waals surface area contributed by atoms with E-state index < -0.39 is 11.9 Å². The van der Waals surface area contributed by atoms with E-state index in [-0.39, 0.29) is 12.5 Å². The molecule has 0 saturated heterocycles. The van der Waals surface area contributed by atoms with Gasteiger partial charge in [-0.1, -0.05) is 25.2 Å². The lowest BCUT2D eigenvalue weighted by Gasteiger charge is -2.27. The summed E-state index contributed by atoms with van der Waals surface area (Å²) in [5, 5.41) is 3.08.